The first-order valence-corrected chi connectivity index (χ1v) is 11.3. The number of nitrogens with one attached hydrogen (secondary N) is 2. The van der Waals surface area contributed by atoms with Crippen LogP contribution in [0.25, 0.3) is 10.9 Å². The number of nitrogens with zero attached hydrogens (tertiary/aromatic N) is 4. The lowest BCUT2D eigenvalue weighted by molar-refractivity contribution is -0.385. The monoisotopic (exact) mass is 464 g/mol. The third-order valence-electron chi connectivity index (χ3n) is 6.03. The van der Waals surface area contributed by atoms with Gasteiger partial charge in [0.05, 0.1) is 16.9 Å². The average molecular weight is 465 g/mol. The SMILES string of the molecule is CN(C)c1nc(NC2CCC(NC(=O)Cc3ccc(O)c([N+](=O)[O-])c3)CC2)nc2ccccc12. The molecule has 0 unspecified atom stereocenters. The van der Waals surface area contributed by atoms with E-state index < -0.39 is 16.4 Å². The van der Waals surface area contributed by atoms with Crippen molar-refractivity contribution in [3.63, 3.8) is 0 Å². The second kappa shape index (κ2) is 9.90. The fraction of sp³-hybridized carbons (Fsp3) is 0.375. The third kappa shape index (κ3) is 5.33. The molecule has 1 aromatic heterocycles. The van der Waals surface area contributed by atoms with Gasteiger partial charge < -0.3 is 20.6 Å². The number of phenols is 1. The highest BCUT2D eigenvalue weighted by molar-refractivity contribution is 5.90. The average Bonchev–Trinajstić information content (AvgIpc) is 2.80. The van der Waals surface area contributed by atoms with E-state index in [2.05, 4.69) is 15.6 Å². The van der Waals surface area contributed by atoms with E-state index in [1.807, 2.05) is 43.3 Å². The Morgan fingerprint density at radius 1 is 1.12 bits per heavy atom. The molecule has 1 saturated carbocycles. The van der Waals surface area contributed by atoms with Crippen molar-refractivity contribution in [2.75, 3.05) is 24.3 Å². The topological polar surface area (TPSA) is 134 Å². The first kappa shape index (κ1) is 23.2. The Hall–Kier alpha value is -3.95. The Bertz CT molecular complexity index is 1210. The predicted octanol–water partition coefficient (Wildman–Crippen LogP) is 3.39. The van der Waals surface area contributed by atoms with Gasteiger partial charge in [-0.1, -0.05) is 18.2 Å². The number of aromatic nitrogens is 2. The molecule has 0 spiro atoms. The normalized spacial score (nSPS) is 17.8. The number of rotatable bonds is 7. The lowest BCUT2D eigenvalue weighted by atomic mass is 9.91. The molecule has 1 amide bonds. The number of phenolic OH excluding ortho intramolecular Hbond substituents is 1. The molecule has 0 aliphatic heterocycles. The van der Waals surface area contributed by atoms with Gasteiger partial charge >= 0.3 is 5.69 Å². The van der Waals surface area contributed by atoms with E-state index in [9.17, 15) is 20.0 Å². The van der Waals surface area contributed by atoms with Crippen LogP contribution in [0.4, 0.5) is 17.5 Å². The van der Waals surface area contributed by atoms with Gasteiger partial charge in [-0.2, -0.15) is 4.98 Å². The summed E-state index contributed by atoms with van der Waals surface area (Å²) in [6.45, 7) is 0. The number of benzene rings is 2. The molecule has 34 heavy (non-hydrogen) atoms. The van der Waals surface area contributed by atoms with Crippen LogP contribution in [0.1, 0.15) is 31.2 Å². The number of carbonyl (C=O) groups is 1. The van der Waals surface area contributed by atoms with Gasteiger partial charge in [-0.05, 0) is 49.4 Å². The highest BCUT2D eigenvalue weighted by atomic mass is 16.6. The summed E-state index contributed by atoms with van der Waals surface area (Å²) < 4.78 is 0. The van der Waals surface area contributed by atoms with Crippen LogP contribution in [-0.4, -0.2) is 52.1 Å². The third-order valence-corrected chi connectivity index (χ3v) is 6.03. The van der Waals surface area contributed by atoms with Crippen LogP contribution in [0.5, 0.6) is 5.75 Å². The summed E-state index contributed by atoms with van der Waals surface area (Å²) >= 11 is 0. The molecule has 1 heterocycles. The minimum absolute atomic E-state index is 0.0253. The summed E-state index contributed by atoms with van der Waals surface area (Å²) in [5.74, 6) is 0.866. The maximum absolute atomic E-state index is 12.5. The fourth-order valence-electron chi connectivity index (χ4n) is 4.32. The van der Waals surface area contributed by atoms with Gasteiger partial charge in [0.25, 0.3) is 0 Å². The molecular weight excluding hydrogens is 436 g/mol. The maximum atomic E-state index is 12.5. The Morgan fingerprint density at radius 3 is 2.53 bits per heavy atom. The molecule has 2 aromatic carbocycles. The van der Waals surface area contributed by atoms with Crippen molar-refractivity contribution in [3.8, 4) is 5.75 Å². The molecule has 3 aromatic rings. The maximum Gasteiger partial charge on any atom is 0.310 e. The Labute approximate surface area is 197 Å². The largest absolute Gasteiger partial charge is 0.502 e. The smallest absolute Gasteiger partial charge is 0.310 e. The Kier molecular flexibility index (Phi) is 6.76. The standard InChI is InChI=1S/C24H28N6O4/c1-29(2)23-18-5-3-4-6-19(18)27-24(28-23)26-17-10-8-16(9-11-17)25-22(32)14-15-7-12-21(31)20(13-15)30(33)34/h3-7,12-13,16-17,31H,8-11,14H2,1-2H3,(H,25,32)(H,26,27,28). The number of fused-ring (bicyclic) bond motifs is 1. The van der Waals surface area contributed by atoms with Gasteiger partial charge in [0, 0.05) is 37.6 Å². The predicted molar refractivity (Wildman–Crippen MR) is 130 cm³/mol. The first-order valence-electron chi connectivity index (χ1n) is 11.3. The summed E-state index contributed by atoms with van der Waals surface area (Å²) in [5, 5.41) is 28.0. The highest BCUT2D eigenvalue weighted by Crippen LogP contribution is 2.28. The van der Waals surface area contributed by atoms with Crippen molar-refractivity contribution in [1.29, 1.82) is 0 Å². The van der Waals surface area contributed by atoms with E-state index in [4.69, 9.17) is 4.98 Å². The van der Waals surface area contributed by atoms with Crippen LogP contribution in [-0.2, 0) is 11.2 Å². The number of carbonyl (C=O) groups excluding carboxylic acids is 1. The molecule has 0 bridgehead atoms. The molecule has 1 aliphatic carbocycles. The molecule has 10 heteroatoms. The molecule has 1 fully saturated rings. The summed E-state index contributed by atoms with van der Waals surface area (Å²) in [6.07, 6.45) is 3.38. The van der Waals surface area contributed by atoms with Crippen LogP contribution >= 0.6 is 0 Å². The molecule has 0 saturated heterocycles. The fourth-order valence-corrected chi connectivity index (χ4v) is 4.32. The first-order chi connectivity index (χ1) is 16.3. The number of anilines is 2. The number of nitro groups is 1. The summed E-state index contributed by atoms with van der Waals surface area (Å²) in [4.78, 5) is 34.1. The van der Waals surface area contributed by atoms with Crippen LogP contribution in [0, 0.1) is 10.1 Å². The zero-order chi connectivity index (χ0) is 24.2. The molecule has 1 aliphatic rings. The summed E-state index contributed by atoms with van der Waals surface area (Å²) in [7, 11) is 3.92. The summed E-state index contributed by atoms with van der Waals surface area (Å²) in [6, 6.07) is 12.2. The van der Waals surface area contributed by atoms with Gasteiger partial charge in [0.1, 0.15) is 5.82 Å². The van der Waals surface area contributed by atoms with Crippen LogP contribution in [0.3, 0.4) is 0 Å². The Morgan fingerprint density at radius 2 is 1.82 bits per heavy atom. The minimum atomic E-state index is -0.661. The molecule has 3 N–H and O–H groups in total. The minimum Gasteiger partial charge on any atom is -0.502 e. The number of hydrogen-bond acceptors (Lipinski definition) is 8. The molecular formula is C24H28N6O4. The van der Waals surface area contributed by atoms with E-state index in [0.717, 1.165) is 42.4 Å². The van der Waals surface area contributed by atoms with Crippen molar-refractivity contribution < 1.29 is 14.8 Å². The summed E-state index contributed by atoms with van der Waals surface area (Å²) in [5.41, 5.74) is 0.979. The van der Waals surface area contributed by atoms with Gasteiger partial charge in [0.2, 0.25) is 11.9 Å². The molecule has 4 rings (SSSR count). The van der Waals surface area contributed by atoms with Crippen LogP contribution < -0.4 is 15.5 Å². The highest BCUT2D eigenvalue weighted by Gasteiger charge is 2.24. The second-order valence-corrected chi connectivity index (χ2v) is 8.80. The number of amides is 1. The Balaban J connectivity index is 1.32. The molecule has 178 valence electrons. The second-order valence-electron chi connectivity index (χ2n) is 8.80. The zero-order valence-electron chi connectivity index (χ0n) is 19.2. The quantitative estimate of drug-likeness (QED) is 0.358. The van der Waals surface area contributed by atoms with E-state index in [1.54, 1.807) is 0 Å². The zero-order valence-corrected chi connectivity index (χ0v) is 19.2. The van der Waals surface area contributed by atoms with E-state index in [1.165, 1.54) is 18.2 Å². The number of hydrogen-bond donors (Lipinski definition) is 3. The van der Waals surface area contributed by atoms with Gasteiger partial charge in [-0.15, -0.1) is 0 Å². The van der Waals surface area contributed by atoms with Gasteiger partial charge in [0.15, 0.2) is 5.75 Å². The molecule has 10 nitrogen and oxygen atoms in total. The van der Waals surface area contributed by atoms with E-state index in [-0.39, 0.29) is 24.4 Å². The van der Waals surface area contributed by atoms with Crippen molar-refractivity contribution in [1.82, 2.24) is 15.3 Å². The van der Waals surface area contributed by atoms with E-state index in [0.29, 0.717) is 11.5 Å². The van der Waals surface area contributed by atoms with Crippen molar-refractivity contribution in [2.45, 2.75) is 44.2 Å². The van der Waals surface area contributed by atoms with Crippen molar-refractivity contribution >= 4 is 34.3 Å². The van der Waals surface area contributed by atoms with Crippen LogP contribution in [0.15, 0.2) is 42.5 Å². The number of nitro benzene ring substituents is 1. The molecule has 0 radical (unpaired) electrons. The van der Waals surface area contributed by atoms with Gasteiger partial charge in [-0.3, -0.25) is 14.9 Å². The van der Waals surface area contributed by atoms with Crippen molar-refractivity contribution in [3.05, 3.63) is 58.1 Å². The van der Waals surface area contributed by atoms with Gasteiger partial charge in [-0.25, -0.2) is 4.98 Å². The molecule has 0 atom stereocenters. The number of para-hydroxylation sites is 1. The lowest BCUT2D eigenvalue weighted by Crippen LogP contribution is -2.40. The van der Waals surface area contributed by atoms with Crippen LogP contribution in [0.2, 0.25) is 0 Å². The number of aromatic hydroxyl groups is 1. The van der Waals surface area contributed by atoms with Crippen molar-refractivity contribution in [2.24, 2.45) is 0 Å². The van der Waals surface area contributed by atoms with E-state index >= 15 is 0 Å². The lowest BCUT2D eigenvalue weighted by Gasteiger charge is -2.30.